The molecule has 1 aromatic carbocycles. The van der Waals surface area contributed by atoms with E-state index in [-0.39, 0.29) is 12.7 Å². The van der Waals surface area contributed by atoms with Crippen LogP contribution in [0, 0.1) is 6.92 Å². The molecule has 0 heterocycles. The first-order valence-electron chi connectivity index (χ1n) is 6.04. The molecule has 0 aliphatic carbocycles. The Labute approximate surface area is 104 Å². The Bertz CT molecular complexity index is 372. The predicted molar refractivity (Wildman–Crippen MR) is 70.2 cm³/mol. The molecule has 0 aromatic heterocycles. The maximum absolute atomic E-state index is 9.00. The van der Waals surface area contributed by atoms with Crippen molar-refractivity contribution in [2.75, 3.05) is 6.61 Å². The fourth-order valence-electron chi connectivity index (χ4n) is 1.77. The van der Waals surface area contributed by atoms with Gasteiger partial charge in [0.15, 0.2) is 0 Å². The van der Waals surface area contributed by atoms with Gasteiger partial charge in [0.25, 0.3) is 0 Å². The highest BCUT2D eigenvalue weighted by Gasteiger charge is 2.21. The lowest BCUT2D eigenvalue weighted by molar-refractivity contribution is 0.239. The Hall–Kier alpha value is -1.06. The second-order valence-electron chi connectivity index (χ2n) is 5.04. The summed E-state index contributed by atoms with van der Waals surface area (Å²) in [6, 6.07) is 5.96. The predicted octanol–water partition coefficient (Wildman–Crippen LogP) is 2.34. The van der Waals surface area contributed by atoms with Crippen LogP contribution in [-0.4, -0.2) is 17.8 Å². The third kappa shape index (κ3) is 3.72. The van der Waals surface area contributed by atoms with Crippen LogP contribution in [0.2, 0.25) is 0 Å². The highest BCUT2D eigenvalue weighted by atomic mass is 16.5. The van der Waals surface area contributed by atoms with Gasteiger partial charge in [0, 0.05) is 12.1 Å². The lowest BCUT2D eigenvalue weighted by Gasteiger charge is -2.25. The Balaban J connectivity index is 2.95. The lowest BCUT2D eigenvalue weighted by Crippen LogP contribution is -2.34. The number of benzene rings is 1. The molecule has 0 radical (unpaired) electrons. The summed E-state index contributed by atoms with van der Waals surface area (Å²) in [5, 5.41) is 9.00. The van der Waals surface area contributed by atoms with Crippen molar-refractivity contribution in [3.8, 4) is 5.75 Å². The summed E-state index contributed by atoms with van der Waals surface area (Å²) in [6.07, 6.45) is 0.720. The van der Waals surface area contributed by atoms with Gasteiger partial charge in [-0.25, -0.2) is 0 Å². The van der Waals surface area contributed by atoms with Gasteiger partial charge < -0.3 is 15.6 Å². The minimum atomic E-state index is -0.490. The van der Waals surface area contributed by atoms with Gasteiger partial charge in [-0.2, -0.15) is 0 Å². The molecular weight excluding hydrogens is 214 g/mol. The van der Waals surface area contributed by atoms with E-state index in [4.69, 9.17) is 15.6 Å². The molecule has 3 N–H and O–H groups in total. The zero-order valence-electron chi connectivity index (χ0n) is 11.2. The van der Waals surface area contributed by atoms with Crippen molar-refractivity contribution < 1.29 is 9.84 Å². The molecule has 0 saturated carbocycles. The summed E-state index contributed by atoms with van der Waals surface area (Å²) in [7, 11) is 0. The van der Waals surface area contributed by atoms with Crippen LogP contribution >= 0.6 is 0 Å². The van der Waals surface area contributed by atoms with Crippen molar-refractivity contribution in [1.29, 1.82) is 0 Å². The lowest BCUT2D eigenvalue weighted by atomic mass is 9.89. The van der Waals surface area contributed by atoms with Crippen molar-refractivity contribution in [3.05, 3.63) is 29.3 Å². The maximum atomic E-state index is 9.00. The molecule has 1 rings (SSSR count). The van der Waals surface area contributed by atoms with Crippen LogP contribution < -0.4 is 10.5 Å². The molecular formula is C14H23NO2. The van der Waals surface area contributed by atoms with E-state index in [0.717, 1.165) is 16.9 Å². The third-order valence-electron chi connectivity index (χ3n) is 2.83. The first kappa shape index (κ1) is 14.0. The van der Waals surface area contributed by atoms with Gasteiger partial charge in [-0.1, -0.05) is 12.1 Å². The quantitative estimate of drug-likeness (QED) is 0.826. The van der Waals surface area contributed by atoms with E-state index in [1.54, 1.807) is 0 Å². The van der Waals surface area contributed by atoms with Gasteiger partial charge in [-0.3, -0.25) is 0 Å². The van der Waals surface area contributed by atoms with Crippen molar-refractivity contribution in [2.24, 2.45) is 5.73 Å². The summed E-state index contributed by atoms with van der Waals surface area (Å²) in [5.74, 6) is 0.892. The van der Waals surface area contributed by atoms with E-state index in [1.165, 1.54) is 0 Å². The number of aliphatic hydroxyl groups excluding tert-OH is 1. The minimum absolute atomic E-state index is 0.0935. The third-order valence-corrected chi connectivity index (χ3v) is 2.83. The Morgan fingerprint density at radius 2 is 2.06 bits per heavy atom. The molecule has 1 atom stereocenters. The first-order chi connectivity index (χ1) is 7.86. The van der Waals surface area contributed by atoms with Crippen molar-refractivity contribution >= 4 is 0 Å². The summed E-state index contributed by atoms with van der Waals surface area (Å²) < 4.78 is 5.68. The Kier molecular flexibility index (Phi) is 4.54. The fraction of sp³-hybridized carbons (Fsp3) is 0.571. The van der Waals surface area contributed by atoms with Crippen molar-refractivity contribution in [2.45, 2.75) is 45.8 Å². The SMILES string of the molecule is Cc1cc(C(C)(N)CCO)ccc1OC(C)C. The van der Waals surface area contributed by atoms with Gasteiger partial charge in [-0.15, -0.1) is 0 Å². The van der Waals surface area contributed by atoms with Gasteiger partial charge >= 0.3 is 0 Å². The van der Waals surface area contributed by atoms with Crippen LogP contribution in [0.3, 0.4) is 0 Å². The highest BCUT2D eigenvalue weighted by Crippen LogP contribution is 2.27. The molecule has 0 fully saturated rings. The molecule has 0 aliphatic heterocycles. The van der Waals surface area contributed by atoms with Crippen LogP contribution in [0.1, 0.15) is 38.3 Å². The van der Waals surface area contributed by atoms with E-state index in [0.29, 0.717) is 6.42 Å². The maximum Gasteiger partial charge on any atom is 0.122 e. The van der Waals surface area contributed by atoms with E-state index < -0.39 is 5.54 Å². The topological polar surface area (TPSA) is 55.5 Å². The molecule has 0 aliphatic rings. The summed E-state index contributed by atoms with van der Waals surface area (Å²) >= 11 is 0. The zero-order chi connectivity index (χ0) is 13.1. The standard InChI is InChI=1S/C14H23NO2/c1-10(2)17-13-6-5-12(9-11(13)3)14(4,15)7-8-16/h5-6,9-10,16H,7-8,15H2,1-4H3. The second-order valence-corrected chi connectivity index (χ2v) is 5.04. The number of rotatable bonds is 5. The summed E-state index contributed by atoms with van der Waals surface area (Å²) in [4.78, 5) is 0. The van der Waals surface area contributed by atoms with Gasteiger partial charge in [-0.05, 0) is 51.3 Å². The molecule has 96 valence electrons. The van der Waals surface area contributed by atoms with E-state index in [1.807, 2.05) is 45.9 Å². The monoisotopic (exact) mass is 237 g/mol. The molecule has 1 aromatic rings. The normalized spacial score (nSPS) is 14.8. The van der Waals surface area contributed by atoms with Gasteiger partial charge in [0.1, 0.15) is 5.75 Å². The van der Waals surface area contributed by atoms with Crippen LogP contribution in [0.4, 0.5) is 0 Å². The number of hydrogen-bond acceptors (Lipinski definition) is 3. The molecule has 17 heavy (non-hydrogen) atoms. The van der Waals surface area contributed by atoms with Crippen molar-refractivity contribution in [1.82, 2.24) is 0 Å². The molecule has 3 nitrogen and oxygen atoms in total. The molecule has 0 bridgehead atoms. The fourth-order valence-corrected chi connectivity index (χ4v) is 1.77. The number of ether oxygens (including phenoxy) is 1. The van der Waals surface area contributed by atoms with Crippen LogP contribution in [0.15, 0.2) is 18.2 Å². The molecule has 0 saturated heterocycles. The van der Waals surface area contributed by atoms with Crippen LogP contribution in [0.25, 0.3) is 0 Å². The molecule has 0 amide bonds. The summed E-state index contributed by atoms with van der Waals surface area (Å²) in [6.45, 7) is 8.05. The minimum Gasteiger partial charge on any atom is -0.491 e. The largest absolute Gasteiger partial charge is 0.491 e. The number of nitrogens with two attached hydrogens (primary N) is 1. The van der Waals surface area contributed by atoms with E-state index in [2.05, 4.69) is 0 Å². The zero-order valence-corrected chi connectivity index (χ0v) is 11.2. The van der Waals surface area contributed by atoms with Gasteiger partial charge in [0.2, 0.25) is 0 Å². The average Bonchev–Trinajstić information content (AvgIpc) is 2.20. The number of aliphatic hydroxyl groups is 1. The molecule has 0 spiro atoms. The van der Waals surface area contributed by atoms with Crippen LogP contribution in [-0.2, 0) is 5.54 Å². The number of aryl methyl sites for hydroxylation is 1. The highest BCUT2D eigenvalue weighted by molar-refractivity contribution is 5.39. The van der Waals surface area contributed by atoms with Gasteiger partial charge in [0.05, 0.1) is 6.10 Å². The van der Waals surface area contributed by atoms with Crippen LogP contribution in [0.5, 0.6) is 5.75 Å². The Morgan fingerprint density at radius 1 is 1.41 bits per heavy atom. The first-order valence-corrected chi connectivity index (χ1v) is 6.04. The average molecular weight is 237 g/mol. The molecule has 1 unspecified atom stereocenters. The van der Waals surface area contributed by atoms with E-state index >= 15 is 0 Å². The molecule has 3 heteroatoms. The number of hydrogen-bond donors (Lipinski definition) is 2. The smallest absolute Gasteiger partial charge is 0.122 e. The van der Waals surface area contributed by atoms with E-state index in [9.17, 15) is 0 Å². The summed E-state index contributed by atoms with van der Waals surface area (Å²) in [5.41, 5.74) is 7.78. The van der Waals surface area contributed by atoms with Crippen molar-refractivity contribution in [3.63, 3.8) is 0 Å². The second kappa shape index (κ2) is 5.52. The Morgan fingerprint density at radius 3 is 2.53 bits per heavy atom.